The molecular formula is C6H5ClN2OS. The van der Waals surface area contributed by atoms with Crippen molar-refractivity contribution < 1.29 is 4.74 Å². The lowest BCUT2D eigenvalue weighted by Gasteiger charge is -2.03. The molecule has 0 fully saturated rings. The van der Waals surface area contributed by atoms with Gasteiger partial charge in [0.05, 0.1) is 11.7 Å². The van der Waals surface area contributed by atoms with Crippen LogP contribution in [0.2, 0.25) is 5.15 Å². The van der Waals surface area contributed by atoms with Gasteiger partial charge in [0.2, 0.25) is 5.15 Å². The van der Waals surface area contributed by atoms with Gasteiger partial charge in [-0.05, 0) is 6.92 Å². The van der Waals surface area contributed by atoms with Crippen molar-refractivity contribution in [2.45, 2.75) is 13.0 Å². The molecule has 1 unspecified atom stereocenters. The van der Waals surface area contributed by atoms with Crippen LogP contribution in [0.1, 0.15) is 6.92 Å². The van der Waals surface area contributed by atoms with Crippen molar-refractivity contribution in [2.75, 3.05) is 0 Å². The minimum Gasteiger partial charge on any atom is -0.459 e. The van der Waals surface area contributed by atoms with E-state index in [1.165, 1.54) is 0 Å². The van der Waals surface area contributed by atoms with Crippen LogP contribution in [0.5, 0.6) is 5.88 Å². The first-order valence-electron chi connectivity index (χ1n) is 2.85. The van der Waals surface area contributed by atoms with Crippen molar-refractivity contribution in [2.24, 2.45) is 0 Å². The molecule has 0 aromatic carbocycles. The van der Waals surface area contributed by atoms with Crippen LogP contribution in [0.4, 0.5) is 0 Å². The summed E-state index contributed by atoms with van der Waals surface area (Å²) in [5.74, 6) is 2.69. The number of halogens is 1. The van der Waals surface area contributed by atoms with Crippen LogP contribution in [-0.4, -0.2) is 14.9 Å². The fraction of sp³-hybridized carbons (Fsp3) is 0.333. The minimum absolute atomic E-state index is 0.261. The predicted octanol–water partition coefficient (Wildman–Crippen LogP) is 1.59. The van der Waals surface area contributed by atoms with Gasteiger partial charge >= 0.3 is 0 Å². The Morgan fingerprint density at radius 2 is 2.45 bits per heavy atom. The zero-order valence-electron chi connectivity index (χ0n) is 5.74. The Bertz CT molecular complexity index is 280. The average molecular weight is 189 g/mol. The first kappa shape index (κ1) is 8.31. The highest BCUT2D eigenvalue weighted by atomic mass is 35.5. The van der Waals surface area contributed by atoms with Crippen LogP contribution in [0.15, 0.2) is 0 Å². The van der Waals surface area contributed by atoms with E-state index in [0.29, 0.717) is 5.88 Å². The van der Waals surface area contributed by atoms with Gasteiger partial charge in [-0.15, -0.1) is 10.8 Å². The van der Waals surface area contributed by atoms with E-state index in [-0.39, 0.29) is 11.3 Å². The molecule has 0 bridgehead atoms. The third kappa shape index (κ3) is 2.07. The fourth-order valence-corrected chi connectivity index (χ4v) is 1.07. The molecule has 58 valence electrons. The predicted molar refractivity (Wildman–Crippen MR) is 43.8 cm³/mol. The molecule has 0 radical (unpaired) electrons. The summed E-state index contributed by atoms with van der Waals surface area (Å²) >= 11 is 6.58. The van der Waals surface area contributed by atoms with Gasteiger partial charge in [-0.1, -0.05) is 17.5 Å². The third-order valence-electron chi connectivity index (χ3n) is 0.944. The number of hydrogen-bond donors (Lipinski definition) is 0. The SMILES string of the molecule is C#CC(C)Oc1nsnc1Cl. The number of hydrogen-bond acceptors (Lipinski definition) is 4. The molecule has 0 N–H and O–H groups in total. The summed E-state index contributed by atoms with van der Waals surface area (Å²) in [6, 6.07) is 0. The molecule has 0 saturated carbocycles. The Labute approximate surface area is 73.7 Å². The van der Waals surface area contributed by atoms with Crippen molar-refractivity contribution in [1.82, 2.24) is 8.75 Å². The first-order valence-corrected chi connectivity index (χ1v) is 3.95. The van der Waals surface area contributed by atoms with Crippen LogP contribution in [-0.2, 0) is 0 Å². The molecule has 5 heteroatoms. The van der Waals surface area contributed by atoms with Crippen LogP contribution < -0.4 is 4.74 Å². The van der Waals surface area contributed by atoms with Crippen molar-refractivity contribution in [1.29, 1.82) is 0 Å². The van der Waals surface area contributed by atoms with Crippen LogP contribution in [0.25, 0.3) is 0 Å². The molecule has 11 heavy (non-hydrogen) atoms. The molecular weight excluding hydrogens is 184 g/mol. The summed E-state index contributed by atoms with van der Waals surface area (Å²) in [7, 11) is 0. The number of aromatic nitrogens is 2. The average Bonchev–Trinajstić information content (AvgIpc) is 2.37. The van der Waals surface area contributed by atoms with E-state index in [1.807, 2.05) is 0 Å². The van der Waals surface area contributed by atoms with Gasteiger partial charge in [0.1, 0.15) is 0 Å². The van der Waals surface area contributed by atoms with E-state index in [4.69, 9.17) is 22.8 Å². The molecule has 1 rings (SSSR count). The highest BCUT2D eigenvalue weighted by molar-refractivity contribution is 6.99. The molecule has 0 aliphatic heterocycles. The van der Waals surface area contributed by atoms with Crippen LogP contribution >= 0.6 is 23.3 Å². The lowest BCUT2D eigenvalue weighted by atomic mass is 10.4. The van der Waals surface area contributed by atoms with Crippen LogP contribution in [0.3, 0.4) is 0 Å². The van der Waals surface area contributed by atoms with E-state index in [1.54, 1.807) is 6.92 Å². The Morgan fingerprint density at radius 1 is 1.73 bits per heavy atom. The zero-order valence-corrected chi connectivity index (χ0v) is 7.32. The molecule has 1 heterocycles. The summed E-state index contributed by atoms with van der Waals surface area (Å²) in [5.41, 5.74) is 0. The Balaban J connectivity index is 2.66. The van der Waals surface area contributed by atoms with Gasteiger partial charge in [0.15, 0.2) is 6.10 Å². The maximum atomic E-state index is 5.58. The normalized spacial score (nSPS) is 12.1. The van der Waals surface area contributed by atoms with Crippen LogP contribution in [0, 0.1) is 12.3 Å². The number of nitrogens with zero attached hydrogens (tertiary/aromatic N) is 2. The highest BCUT2D eigenvalue weighted by Crippen LogP contribution is 2.21. The largest absolute Gasteiger partial charge is 0.459 e. The molecule has 0 amide bonds. The fourth-order valence-electron chi connectivity index (χ4n) is 0.442. The van der Waals surface area contributed by atoms with Crippen molar-refractivity contribution in [3.63, 3.8) is 0 Å². The Morgan fingerprint density at radius 3 is 2.91 bits per heavy atom. The van der Waals surface area contributed by atoms with Gasteiger partial charge in [-0.3, -0.25) is 0 Å². The van der Waals surface area contributed by atoms with Gasteiger partial charge in [0, 0.05) is 0 Å². The lowest BCUT2D eigenvalue weighted by molar-refractivity contribution is 0.270. The summed E-state index contributed by atoms with van der Waals surface area (Å²) in [6.07, 6.45) is 4.75. The van der Waals surface area contributed by atoms with Gasteiger partial charge in [-0.25, -0.2) is 0 Å². The highest BCUT2D eigenvalue weighted by Gasteiger charge is 2.08. The standard InChI is InChI=1S/C6H5ClN2OS/c1-3-4(2)10-6-5(7)8-11-9-6/h1,4H,2H3. The maximum Gasteiger partial charge on any atom is 0.266 e. The quantitative estimate of drug-likeness (QED) is 0.662. The minimum atomic E-state index is -0.323. The number of terminal acetylenes is 1. The maximum absolute atomic E-state index is 5.58. The third-order valence-corrected chi connectivity index (χ3v) is 1.80. The second kappa shape index (κ2) is 3.56. The number of ether oxygens (including phenoxy) is 1. The van der Waals surface area contributed by atoms with E-state index in [2.05, 4.69) is 14.7 Å². The summed E-state index contributed by atoms with van der Waals surface area (Å²) < 4.78 is 12.6. The molecule has 1 aromatic rings. The summed E-state index contributed by atoms with van der Waals surface area (Å²) in [5, 5.41) is 0.261. The topological polar surface area (TPSA) is 35.0 Å². The smallest absolute Gasteiger partial charge is 0.266 e. The van der Waals surface area contributed by atoms with E-state index in [0.717, 1.165) is 11.7 Å². The van der Waals surface area contributed by atoms with Crippen molar-refractivity contribution in [3.8, 4) is 18.2 Å². The zero-order chi connectivity index (χ0) is 8.27. The van der Waals surface area contributed by atoms with Crippen molar-refractivity contribution >= 4 is 23.3 Å². The van der Waals surface area contributed by atoms with E-state index < -0.39 is 0 Å². The summed E-state index contributed by atoms with van der Waals surface area (Å²) in [4.78, 5) is 0. The summed E-state index contributed by atoms with van der Waals surface area (Å²) in [6.45, 7) is 1.73. The van der Waals surface area contributed by atoms with E-state index >= 15 is 0 Å². The van der Waals surface area contributed by atoms with Gasteiger partial charge in [0.25, 0.3) is 5.88 Å². The second-order valence-corrected chi connectivity index (χ2v) is 2.67. The molecule has 0 aliphatic carbocycles. The first-order chi connectivity index (χ1) is 5.24. The molecule has 0 saturated heterocycles. The molecule has 0 aliphatic rings. The molecule has 1 aromatic heterocycles. The van der Waals surface area contributed by atoms with Gasteiger partial charge in [-0.2, -0.15) is 4.37 Å². The number of rotatable bonds is 2. The Kier molecular flexibility index (Phi) is 2.69. The lowest BCUT2D eigenvalue weighted by Crippen LogP contribution is -2.08. The van der Waals surface area contributed by atoms with Gasteiger partial charge < -0.3 is 4.74 Å². The monoisotopic (exact) mass is 188 g/mol. The Hall–Kier alpha value is -0.790. The van der Waals surface area contributed by atoms with E-state index in [9.17, 15) is 0 Å². The van der Waals surface area contributed by atoms with Crippen molar-refractivity contribution in [3.05, 3.63) is 5.15 Å². The molecule has 1 atom stereocenters. The second-order valence-electron chi connectivity index (χ2n) is 1.79. The molecule has 0 spiro atoms. The molecule has 3 nitrogen and oxygen atoms in total.